The first-order chi connectivity index (χ1) is 6.61. The molecule has 0 atom stereocenters. The Morgan fingerprint density at radius 1 is 1.43 bits per heavy atom. The SMILES string of the molecule is O=c1c(I)c[nH]c2c(Br)ccc(Cl)c12. The molecule has 14 heavy (non-hydrogen) atoms. The van der Waals surface area contributed by atoms with E-state index in [9.17, 15) is 4.79 Å². The Balaban J connectivity index is 3.09. The van der Waals surface area contributed by atoms with Crippen LogP contribution >= 0.6 is 50.1 Å². The zero-order valence-electron chi connectivity index (χ0n) is 6.77. The number of pyridine rings is 1. The molecule has 0 unspecified atom stereocenters. The molecule has 0 spiro atoms. The molecule has 0 aliphatic carbocycles. The molecule has 0 saturated heterocycles. The molecule has 2 rings (SSSR count). The van der Waals surface area contributed by atoms with Crippen LogP contribution in [0.15, 0.2) is 27.6 Å². The van der Waals surface area contributed by atoms with E-state index in [4.69, 9.17) is 11.6 Å². The Hall–Kier alpha value is -0.0700. The number of hydrogen-bond acceptors (Lipinski definition) is 1. The van der Waals surface area contributed by atoms with Crippen molar-refractivity contribution in [3.8, 4) is 0 Å². The largest absolute Gasteiger partial charge is 0.359 e. The number of benzene rings is 1. The molecule has 0 saturated carbocycles. The number of hydrogen-bond donors (Lipinski definition) is 1. The monoisotopic (exact) mass is 383 g/mol. The van der Waals surface area contributed by atoms with Gasteiger partial charge in [-0.2, -0.15) is 0 Å². The molecule has 0 amide bonds. The second-order valence-electron chi connectivity index (χ2n) is 2.74. The molecule has 2 aromatic rings. The lowest BCUT2D eigenvalue weighted by molar-refractivity contribution is 1.35. The first kappa shape index (κ1) is 10.4. The summed E-state index contributed by atoms with van der Waals surface area (Å²) in [5.41, 5.74) is 0.702. The zero-order chi connectivity index (χ0) is 10.3. The van der Waals surface area contributed by atoms with Crippen molar-refractivity contribution in [2.75, 3.05) is 0 Å². The average Bonchev–Trinajstić information content (AvgIpc) is 2.16. The van der Waals surface area contributed by atoms with Crippen molar-refractivity contribution in [1.82, 2.24) is 4.98 Å². The highest BCUT2D eigenvalue weighted by Crippen LogP contribution is 2.26. The van der Waals surface area contributed by atoms with E-state index in [1.54, 1.807) is 12.3 Å². The molecular formula is C9H4BrClINO. The van der Waals surface area contributed by atoms with Gasteiger partial charge in [0.15, 0.2) is 0 Å². The second kappa shape index (κ2) is 3.83. The van der Waals surface area contributed by atoms with Gasteiger partial charge in [-0.25, -0.2) is 0 Å². The maximum atomic E-state index is 11.8. The van der Waals surface area contributed by atoms with E-state index in [0.717, 1.165) is 9.99 Å². The van der Waals surface area contributed by atoms with Gasteiger partial charge in [-0.05, 0) is 50.7 Å². The lowest BCUT2D eigenvalue weighted by Crippen LogP contribution is -2.07. The van der Waals surface area contributed by atoms with Crippen molar-refractivity contribution < 1.29 is 0 Å². The predicted octanol–water partition coefficient (Wildman–Crippen LogP) is 3.55. The Morgan fingerprint density at radius 2 is 2.14 bits per heavy atom. The zero-order valence-corrected chi connectivity index (χ0v) is 11.3. The van der Waals surface area contributed by atoms with Gasteiger partial charge in [-0.15, -0.1) is 0 Å². The van der Waals surface area contributed by atoms with Crippen LogP contribution in [0.2, 0.25) is 5.02 Å². The van der Waals surface area contributed by atoms with Crippen LogP contribution in [-0.2, 0) is 0 Å². The van der Waals surface area contributed by atoms with Crippen molar-refractivity contribution in [2.24, 2.45) is 0 Å². The van der Waals surface area contributed by atoms with Gasteiger partial charge in [0.2, 0.25) is 5.43 Å². The summed E-state index contributed by atoms with van der Waals surface area (Å²) >= 11 is 11.3. The summed E-state index contributed by atoms with van der Waals surface area (Å²) in [6, 6.07) is 3.52. The number of rotatable bonds is 0. The highest BCUT2D eigenvalue weighted by atomic mass is 127. The number of aromatic nitrogens is 1. The van der Waals surface area contributed by atoms with Gasteiger partial charge in [0.05, 0.1) is 19.5 Å². The normalized spacial score (nSPS) is 10.8. The molecule has 0 fully saturated rings. The maximum Gasteiger partial charge on any atom is 0.204 e. The van der Waals surface area contributed by atoms with E-state index < -0.39 is 0 Å². The van der Waals surface area contributed by atoms with E-state index in [-0.39, 0.29) is 5.43 Å². The minimum absolute atomic E-state index is 0.0364. The molecular weight excluding hydrogens is 380 g/mol. The van der Waals surface area contributed by atoms with Crippen molar-refractivity contribution in [2.45, 2.75) is 0 Å². The molecule has 0 aliphatic rings. The summed E-state index contributed by atoms with van der Waals surface area (Å²) in [5, 5.41) is 1.01. The van der Waals surface area contributed by atoms with E-state index in [1.165, 1.54) is 0 Å². The summed E-state index contributed by atoms with van der Waals surface area (Å²) in [5.74, 6) is 0. The van der Waals surface area contributed by atoms with Crippen LogP contribution in [0.5, 0.6) is 0 Å². The van der Waals surface area contributed by atoms with Crippen LogP contribution in [0, 0.1) is 3.57 Å². The standard InChI is InChI=1S/C9H4BrClINO/c10-4-1-2-5(11)7-8(4)13-3-6(12)9(7)14/h1-3H,(H,13,14). The fraction of sp³-hybridized carbons (Fsp3) is 0. The number of H-pyrrole nitrogens is 1. The summed E-state index contributed by atoms with van der Waals surface area (Å²) in [7, 11) is 0. The lowest BCUT2D eigenvalue weighted by atomic mass is 10.2. The van der Waals surface area contributed by atoms with Crippen molar-refractivity contribution in [3.63, 3.8) is 0 Å². The summed E-state index contributed by atoms with van der Waals surface area (Å²) in [4.78, 5) is 14.8. The topological polar surface area (TPSA) is 32.9 Å². The summed E-state index contributed by atoms with van der Waals surface area (Å²) in [6.07, 6.45) is 1.67. The van der Waals surface area contributed by atoms with E-state index in [2.05, 4.69) is 20.9 Å². The first-order valence-electron chi connectivity index (χ1n) is 3.76. The highest BCUT2D eigenvalue weighted by molar-refractivity contribution is 14.1. The smallest absolute Gasteiger partial charge is 0.204 e. The number of nitrogens with one attached hydrogen (secondary N) is 1. The Bertz CT molecular complexity index is 566. The molecule has 0 radical (unpaired) electrons. The first-order valence-corrected chi connectivity index (χ1v) is 6.01. The molecule has 1 aromatic carbocycles. The second-order valence-corrected chi connectivity index (χ2v) is 5.17. The Labute approximate surface area is 107 Å². The number of halogens is 3. The molecule has 0 aliphatic heterocycles. The van der Waals surface area contributed by atoms with Gasteiger partial charge in [-0.3, -0.25) is 4.79 Å². The quantitative estimate of drug-likeness (QED) is 0.693. The minimum atomic E-state index is -0.0364. The fourth-order valence-electron chi connectivity index (χ4n) is 1.24. The van der Waals surface area contributed by atoms with E-state index in [1.807, 2.05) is 28.7 Å². The van der Waals surface area contributed by atoms with Crippen molar-refractivity contribution >= 4 is 61.0 Å². The maximum absolute atomic E-state index is 11.8. The van der Waals surface area contributed by atoms with Crippen LogP contribution in [0.1, 0.15) is 0 Å². The number of aromatic amines is 1. The molecule has 72 valence electrons. The van der Waals surface area contributed by atoms with Crippen molar-refractivity contribution in [3.05, 3.63) is 41.6 Å². The molecule has 2 nitrogen and oxygen atoms in total. The van der Waals surface area contributed by atoms with Gasteiger partial charge in [0.1, 0.15) is 0 Å². The third-order valence-corrected chi connectivity index (χ3v) is 3.67. The fourth-order valence-corrected chi connectivity index (χ4v) is 2.35. The average molecular weight is 384 g/mol. The molecule has 0 bridgehead atoms. The van der Waals surface area contributed by atoms with Gasteiger partial charge < -0.3 is 4.98 Å². The van der Waals surface area contributed by atoms with Gasteiger partial charge in [-0.1, -0.05) is 11.6 Å². The van der Waals surface area contributed by atoms with Crippen LogP contribution in [0.25, 0.3) is 10.9 Å². The van der Waals surface area contributed by atoms with E-state index >= 15 is 0 Å². The van der Waals surface area contributed by atoms with Crippen LogP contribution in [-0.4, -0.2) is 4.98 Å². The molecule has 5 heteroatoms. The Morgan fingerprint density at radius 3 is 2.86 bits per heavy atom. The van der Waals surface area contributed by atoms with Crippen molar-refractivity contribution in [1.29, 1.82) is 0 Å². The highest BCUT2D eigenvalue weighted by Gasteiger charge is 2.08. The van der Waals surface area contributed by atoms with Gasteiger partial charge in [0, 0.05) is 10.7 Å². The third kappa shape index (κ3) is 1.59. The number of fused-ring (bicyclic) bond motifs is 1. The lowest BCUT2D eigenvalue weighted by Gasteiger charge is -2.02. The molecule has 1 N–H and O–H groups in total. The summed E-state index contributed by atoms with van der Waals surface area (Å²) < 4.78 is 1.47. The van der Waals surface area contributed by atoms with Crippen LogP contribution < -0.4 is 5.43 Å². The van der Waals surface area contributed by atoms with Crippen LogP contribution in [0.3, 0.4) is 0 Å². The minimum Gasteiger partial charge on any atom is -0.359 e. The molecule has 1 heterocycles. The van der Waals surface area contributed by atoms with Gasteiger partial charge in [0.25, 0.3) is 0 Å². The Kier molecular flexibility index (Phi) is 2.86. The molecule has 1 aromatic heterocycles. The van der Waals surface area contributed by atoms with E-state index in [0.29, 0.717) is 14.0 Å². The summed E-state index contributed by atoms with van der Waals surface area (Å²) in [6.45, 7) is 0. The third-order valence-electron chi connectivity index (χ3n) is 1.89. The van der Waals surface area contributed by atoms with Gasteiger partial charge >= 0.3 is 0 Å². The van der Waals surface area contributed by atoms with Crippen LogP contribution in [0.4, 0.5) is 0 Å². The predicted molar refractivity (Wildman–Crippen MR) is 70.0 cm³/mol.